The van der Waals surface area contributed by atoms with Gasteiger partial charge in [0.2, 0.25) is 0 Å². The number of hydrogen-bond donors (Lipinski definition) is 2. The Labute approximate surface area is 177 Å². The average molecular weight is 436 g/mol. The number of halogens is 1. The van der Waals surface area contributed by atoms with Crippen LogP contribution in [0.1, 0.15) is 30.6 Å². The zero-order valence-electron chi connectivity index (χ0n) is 16.6. The Morgan fingerprint density at radius 1 is 1.17 bits per heavy atom. The molecule has 1 unspecified atom stereocenters. The van der Waals surface area contributed by atoms with E-state index < -0.39 is 10.0 Å². The third-order valence-electron chi connectivity index (χ3n) is 5.14. The van der Waals surface area contributed by atoms with Crippen molar-refractivity contribution in [3.8, 4) is 0 Å². The highest BCUT2D eigenvalue weighted by atomic mass is 35.5. The first-order valence-corrected chi connectivity index (χ1v) is 11.5. The predicted octanol–water partition coefficient (Wildman–Crippen LogP) is 3.60. The lowest BCUT2D eigenvalue weighted by atomic mass is 10.1. The molecule has 2 aromatic rings. The second-order valence-corrected chi connectivity index (χ2v) is 9.68. The molecule has 8 heteroatoms. The molecule has 6 nitrogen and oxygen atoms in total. The van der Waals surface area contributed by atoms with Crippen LogP contribution in [0.4, 0.5) is 5.69 Å². The van der Waals surface area contributed by atoms with E-state index in [-0.39, 0.29) is 16.5 Å². The van der Waals surface area contributed by atoms with Crippen molar-refractivity contribution in [2.24, 2.45) is 5.92 Å². The van der Waals surface area contributed by atoms with Crippen LogP contribution in [0.25, 0.3) is 0 Å². The molecule has 1 aliphatic rings. The molecular formula is C21H26ClN3O3S. The molecule has 1 aliphatic heterocycles. The number of sulfonamides is 1. The van der Waals surface area contributed by atoms with E-state index in [1.807, 2.05) is 0 Å². The lowest BCUT2D eigenvalue weighted by molar-refractivity contribution is 0.0948. The second kappa shape index (κ2) is 9.15. The van der Waals surface area contributed by atoms with Gasteiger partial charge >= 0.3 is 0 Å². The second-order valence-electron chi connectivity index (χ2n) is 7.56. The molecule has 1 heterocycles. The molecule has 3 rings (SSSR count). The van der Waals surface area contributed by atoms with Crippen molar-refractivity contribution < 1.29 is 13.2 Å². The summed E-state index contributed by atoms with van der Waals surface area (Å²) in [4.78, 5) is 15.2. The minimum Gasteiger partial charge on any atom is -0.352 e. The molecule has 1 saturated heterocycles. The van der Waals surface area contributed by atoms with Crippen molar-refractivity contribution in [1.29, 1.82) is 0 Å². The number of rotatable bonds is 7. The van der Waals surface area contributed by atoms with E-state index >= 15 is 0 Å². The van der Waals surface area contributed by atoms with E-state index in [0.29, 0.717) is 29.1 Å². The zero-order chi connectivity index (χ0) is 21.0. The Hall–Kier alpha value is -2.09. The quantitative estimate of drug-likeness (QED) is 0.696. The molecular weight excluding hydrogens is 410 g/mol. The molecule has 0 radical (unpaired) electrons. The van der Waals surface area contributed by atoms with Crippen LogP contribution in [0.15, 0.2) is 53.4 Å². The first kappa shape index (κ1) is 21.6. The first-order chi connectivity index (χ1) is 13.8. The summed E-state index contributed by atoms with van der Waals surface area (Å²) in [5.41, 5.74) is 0.541. The highest BCUT2D eigenvalue weighted by molar-refractivity contribution is 7.92. The van der Waals surface area contributed by atoms with E-state index in [2.05, 4.69) is 28.8 Å². The van der Waals surface area contributed by atoms with Gasteiger partial charge in [-0.1, -0.05) is 23.7 Å². The van der Waals surface area contributed by atoms with Crippen LogP contribution < -0.4 is 10.0 Å². The van der Waals surface area contributed by atoms with Gasteiger partial charge in [0.15, 0.2) is 0 Å². The Morgan fingerprint density at radius 2 is 1.86 bits per heavy atom. The summed E-state index contributed by atoms with van der Waals surface area (Å²) in [7, 11) is -3.83. The number of carbonyl (C=O) groups is 1. The number of nitrogens with zero attached hydrogens (tertiary/aromatic N) is 1. The lowest BCUT2D eigenvalue weighted by Gasteiger charge is -2.20. The molecule has 29 heavy (non-hydrogen) atoms. The van der Waals surface area contributed by atoms with Gasteiger partial charge in [-0.2, -0.15) is 0 Å². The van der Waals surface area contributed by atoms with Gasteiger partial charge in [0.05, 0.1) is 16.1 Å². The molecule has 0 aliphatic carbocycles. The van der Waals surface area contributed by atoms with Gasteiger partial charge in [0.25, 0.3) is 15.9 Å². The number of benzene rings is 2. The largest absolute Gasteiger partial charge is 0.352 e. The summed E-state index contributed by atoms with van der Waals surface area (Å²) < 4.78 is 27.8. The Kier molecular flexibility index (Phi) is 6.82. The molecule has 2 aromatic carbocycles. The van der Waals surface area contributed by atoms with Crippen molar-refractivity contribution in [3.05, 3.63) is 59.1 Å². The van der Waals surface area contributed by atoms with Crippen molar-refractivity contribution in [3.63, 3.8) is 0 Å². The Bertz CT molecular complexity index is 961. The summed E-state index contributed by atoms with van der Waals surface area (Å²) in [5.74, 6) is 0.113. The molecule has 156 valence electrons. The molecule has 2 N–H and O–H groups in total. The maximum atomic E-state index is 12.7. The smallest absolute Gasteiger partial charge is 0.261 e. The number of amides is 1. The fourth-order valence-corrected chi connectivity index (χ4v) is 4.62. The zero-order valence-corrected chi connectivity index (χ0v) is 18.1. The van der Waals surface area contributed by atoms with Crippen LogP contribution in [-0.4, -0.2) is 44.9 Å². The highest BCUT2D eigenvalue weighted by Gasteiger charge is 2.25. The number of para-hydroxylation sites is 1. The van der Waals surface area contributed by atoms with Crippen LogP contribution in [-0.2, 0) is 10.0 Å². The summed E-state index contributed by atoms with van der Waals surface area (Å²) in [6, 6.07) is 13.0. The van der Waals surface area contributed by atoms with Crippen LogP contribution >= 0.6 is 11.6 Å². The van der Waals surface area contributed by atoms with Gasteiger partial charge in [0, 0.05) is 24.2 Å². The van der Waals surface area contributed by atoms with E-state index in [4.69, 9.17) is 11.6 Å². The fraction of sp³-hybridized carbons (Fsp3) is 0.381. The van der Waals surface area contributed by atoms with E-state index in [1.54, 1.807) is 24.3 Å². The first-order valence-electron chi connectivity index (χ1n) is 9.66. The van der Waals surface area contributed by atoms with Crippen molar-refractivity contribution >= 4 is 33.2 Å². The van der Waals surface area contributed by atoms with Crippen LogP contribution in [0.2, 0.25) is 5.02 Å². The van der Waals surface area contributed by atoms with E-state index in [0.717, 1.165) is 19.5 Å². The van der Waals surface area contributed by atoms with Gasteiger partial charge in [-0.15, -0.1) is 0 Å². The molecule has 0 spiro atoms. The minimum atomic E-state index is -3.83. The van der Waals surface area contributed by atoms with Gasteiger partial charge in [-0.3, -0.25) is 9.52 Å². The molecule has 1 amide bonds. The maximum Gasteiger partial charge on any atom is 0.261 e. The van der Waals surface area contributed by atoms with Gasteiger partial charge in [-0.25, -0.2) is 8.42 Å². The maximum absolute atomic E-state index is 12.7. The standard InChI is InChI=1S/C21H26ClN3O3S/c1-15(2)25-12-11-16(14-25)13-23-21(26)19-5-3-4-6-20(19)24-29(27,28)18-9-7-17(22)8-10-18/h3-10,15-16,24H,11-14H2,1-2H3,(H,23,26). The lowest BCUT2D eigenvalue weighted by Crippen LogP contribution is -2.33. The summed E-state index contributed by atoms with van der Waals surface area (Å²) >= 11 is 5.83. The van der Waals surface area contributed by atoms with Gasteiger partial charge in [-0.05, 0) is 69.1 Å². The third kappa shape index (κ3) is 5.50. The summed E-state index contributed by atoms with van der Waals surface area (Å²) in [6.07, 6.45) is 1.04. The topological polar surface area (TPSA) is 78.5 Å². The number of nitrogens with one attached hydrogen (secondary N) is 2. The van der Waals surface area contributed by atoms with Crippen molar-refractivity contribution in [2.75, 3.05) is 24.4 Å². The highest BCUT2D eigenvalue weighted by Crippen LogP contribution is 2.22. The van der Waals surface area contributed by atoms with Crippen molar-refractivity contribution in [1.82, 2.24) is 10.2 Å². The van der Waals surface area contributed by atoms with Crippen LogP contribution in [0.3, 0.4) is 0 Å². The molecule has 0 bridgehead atoms. The monoisotopic (exact) mass is 435 g/mol. The Balaban J connectivity index is 1.68. The van der Waals surface area contributed by atoms with E-state index in [1.165, 1.54) is 24.3 Å². The van der Waals surface area contributed by atoms with Gasteiger partial charge in [0.1, 0.15) is 0 Å². The molecule has 0 aromatic heterocycles. The molecule has 1 fully saturated rings. The van der Waals surface area contributed by atoms with Crippen molar-refractivity contribution in [2.45, 2.75) is 31.2 Å². The number of likely N-dealkylation sites (tertiary alicyclic amines) is 1. The fourth-order valence-electron chi connectivity index (χ4n) is 3.42. The normalized spacial score (nSPS) is 17.4. The Morgan fingerprint density at radius 3 is 2.52 bits per heavy atom. The van der Waals surface area contributed by atoms with E-state index in [9.17, 15) is 13.2 Å². The number of hydrogen-bond acceptors (Lipinski definition) is 4. The SMILES string of the molecule is CC(C)N1CCC(CNC(=O)c2ccccc2NS(=O)(=O)c2ccc(Cl)cc2)C1. The average Bonchev–Trinajstić information content (AvgIpc) is 3.16. The molecule has 0 saturated carbocycles. The minimum absolute atomic E-state index is 0.0804. The third-order valence-corrected chi connectivity index (χ3v) is 6.77. The van der Waals surface area contributed by atoms with Gasteiger partial charge < -0.3 is 10.2 Å². The summed E-state index contributed by atoms with van der Waals surface area (Å²) in [5, 5.41) is 3.41. The van der Waals surface area contributed by atoms with Crippen LogP contribution in [0, 0.1) is 5.92 Å². The van der Waals surface area contributed by atoms with Crippen LogP contribution in [0.5, 0.6) is 0 Å². The predicted molar refractivity (Wildman–Crippen MR) is 116 cm³/mol. The molecule has 1 atom stereocenters. The summed E-state index contributed by atoms with van der Waals surface area (Å²) in [6.45, 7) is 6.91. The number of carbonyl (C=O) groups excluding carboxylic acids is 1. The number of anilines is 1.